The molecule has 13 heavy (non-hydrogen) atoms. The Bertz CT molecular complexity index is 139. The first kappa shape index (κ1) is 12.9. The summed E-state index contributed by atoms with van der Waals surface area (Å²) in [6.07, 6.45) is 0. The van der Waals surface area contributed by atoms with Gasteiger partial charge in [-0.1, -0.05) is 20.8 Å². The van der Waals surface area contributed by atoms with Crippen molar-refractivity contribution in [3.8, 4) is 0 Å². The highest BCUT2D eigenvalue weighted by Gasteiger charge is 2.36. The average molecular weight is 189 g/mol. The van der Waals surface area contributed by atoms with Crippen LogP contribution < -0.4 is 5.32 Å². The Morgan fingerprint density at radius 2 is 1.92 bits per heavy atom. The van der Waals surface area contributed by atoms with Gasteiger partial charge >= 0.3 is 0 Å². The standard InChI is InChI=1S/C10H23NO2/c1-6-11-9(4)10(12,7-13-5)8(2)3/h8-9,11-12H,6-7H2,1-5H3. The first-order chi connectivity index (χ1) is 5.99. The molecule has 0 saturated heterocycles. The zero-order valence-electron chi connectivity index (χ0n) is 9.42. The molecule has 0 aromatic heterocycles. The first-order valence-corrected chi connectivity index (χ1v) is 4.93. The highest BCUT2D eigenvalue weighted by Crippen LogP contribution is 2.21. The van der Waals surface area contributed by atoms with Crippen molar-refractivity contribution in [1.82, 2.24) is 5.32 Å². The molecule has 2 unspecified atom stereocenters. The van der Waals surface area contributed by atoms with E-state index in [0.717, 1.165) is 6.54 Å². The van der Waals surface area contributed by atoms with Crippen LogP contribution in [0.2, 0.25) is 0 Å². The van der Waals surface area contributed by atoms with Crippen LogP contribution in [0.4, 0.5) is 0 Å². The number of aliphatic hydroxyl groups is 1. The Hall–Kier alpha value is -0.120. The fourth-order valence-corrected chi connectivity index (χ4v) is 1.51. The summed E-state index contributed by atoms with van der Waals surface area (Å²) in [4.78, 5) is 0. The zero-order valence-corrected chi connectivity index (χ0v) is 9.42. The minimum Gasteiger partial charge on any atom is -0.386 e. The van der Waals surface area contributed by atoms with Crippen molar-refractivity contribution in [3.63, 3.8) is 0 Å². The van der Waals surface area contributed by atoms with Crippen molar-refractivity contribution in [2.24, 2.45) is 5.92 Å². The lowest BCUT2D eigenvalue weighted by Gasteiger charge is -2.37. The van der Waals surface area contributed by atoms with E-state index in [1.165, 1.54) is 0 Å². The number of rotatable bonds is 6. The maximum atomic E-state index is 10.3. The van der Waals surface area contributed by atoms with Crippen LogP contribution in [0.5, 0.6) is 0 Å². The van der Waals surface area contributed by atoms with Crippen LogP contribution in [0.25, 0.3) is 0 Å². The predicted octanol–water partition coefficient (Wildman–Crippen LogP) is 1.02. The molecule has 0 rings (SSSR count). The van der Waals surface area contributed by atoms with E-state index in [-0.39, 0.29) is 12.0 Å². The molecule has 0 bridgehead atoms. The van der Waals surface area contributed by atoms with Crippen LogP contribution in [-0.2, 0) is 4.74 Å². The molecular weight excluding hydrogens is 166 g/mol. The lowest BCUT2D eigenvalue weighted by molar-refractivity contribution is -0.0854. The Morgan fingerprint density at radius 1 is 1.38 bits per heavy atom. The maximum Gasteiger partial charge on any atom is 0.105 e. The van der Waals surface area contributed by atoms with Gasteiger partial charge in [-0.25, -0.2) is 0 Å². The molecule has 2 N–H and O–H groups in total. The quantitative estimate of drug-likeness (QED) is 0.655. The molecule has 0 spiro atoms. The molecule has 0 amide bonds. The third-order valence-electron chi connectivity index (χ3n) is 2.64. The van der Waals surface area contributed by atoms with Crippen LogP contribution in [-0.4, -0.2) is 37.0 Å². The number of ether oxygens (including phenoxy) is 1. The van der Waals surface area contributed by atoms with Crippen LogP contribution in [0, 0.1) is 5.92 Å². The molecule has 0 aliphatic heterocycles. The van der Waals surface area contributed by atoms with Gasteiger partial charge in [0, 0.05) is 13.2 Å². The van der Waals surface area contributed by atoms with Gasteiger partial charge in [0.15, 0.2) is 0 Å². The van der Waals surface area contributed by atoms with Gasteiger partial charge in [0.25, 0.3) is 0 Å². The summed E-state index contributed by atoms with van der Waals surface area (Å²) in [5.74, 6) is 0.182. The minimum atomic E-state index is -0.773. The van der Waals surface area contributed by atoms with Crippen molar-refractivity contribution in [2.45, 2.75) is 39.3 Å². The lowest BCUT2D eigenvalue weighted by atomic mass is 9.84. The molecule has 0 aromatic carbocycles. The molecule has 80 valence electrons. The van der Waals surface area contributed by atoms with Crippen molar-refractivity contribution in [1.29, 1.82) is 0 Å². The Balaban J connectivity index is 4.37. The molecule has 0 fully saturated rings. The van der Waals surface area contributed by atoms with Gasteiger partial charge in [-0.2, -0.15) is 0 Å². The summed E-state index contributed by atoms with van der Waals surface area (Å²) in [7, 11) is 1.62. The molecule has 2 atom stereocenters. The third kappa shape index (κ3) is 3.25. The summed E-state index contributed by atoms with van der Waals surface area (Å²) in [5.41, 5.74) is -0.773. The van der Waals surface area contributed by atoms with E-state index in [0.29, 0.717) is 6.61 Å². The number of nitrogens with one attached hydrogen (secondary N) is 1. The summed E-state index contributed by atoms with van der Waals surface area (Å²) < 4.78 is 5.05. The minimum absolute atomic E-state index is 0.0532. The molecule has 0 saturated carbocycles. The van der Waals surface area contributed by atoms with E-state index in [2.05, 4.69) is 5.32 Å². The summed E-state index contributed by atoms with van der Waals surface area (Å²) >= 11 is 0. The first-order valence-electron chi connectivity index (χ1n) is 4.93. The number of methoxy groups -OCH3 is 1. The van der Waals surface area contributed by atoms with E-state index >= 15 is 0 Å². The zero-order chi connectivity index (χ0) is 10.5. The van der Waals surface area contributed by atoms with Crippen LogP contribution >= 0.6 is 0 Å². The SMILES string of the molecule is CCNC(C)C(O)(COC)C(C)C. The molecule has 3 nitrogen and oxygen atoms in total. The topological polar surface area (TPSA) is 41.5 Å². The van der Waals surface area contributed by atoms with Gasteiger partial charge in [0.1, 0.15) is 5.60 Å². The van der Waals surface area contributed by atoms with Gasteiger partial charge in [-0.15, -0.1) is 0 Å². The molecule has 0 aliphatic carbocycles. The molecule has 0 heterocycles. The molecule has 0 aliphatic rings. The smallest absolute Gasteiger partial charge is 0.105 e. The van der Waals surface area contributed by atoms with Gasteiger partial charge in [0.2, 0.25) is 0 Å². The fraction of sp³-hybridized carbons (Fsp3) is 1.00. The molecule has 3 heteroatoms. The van der Waals surface area contributed by atoms with E-state index in [9.17, 15) is 5.11 Å². The van der Waals surface area contributed by atoms with E-state index in [4.69, 9.17) is 4.74 Å². The molecule has 0 radical (unpaired) electrons. The van der Waals surface area contributed by atoms with Crippen LogP contribution in [0.15, 0.2) is 0 Å². The van der Waals surface area contributed by atoms with E-state index in [1.54, 1.807) is 7.11 Å². The van der Waals surface area contributed by atoms with Crippen molar-refractivity contribution in [3.05, 3.63) is 0 Å². The van der Waals surface area contributed by atoms with Crippen molar-refractivity contribution < 1.29 is 9.84 Å². The van der Waals surface area contributed by atoms with Gasteiger partial charge < -0.3 is 15.2 Å². The van der Waals surface area contributed by atoms with Crippen LogP contribution in [0.3, 0.4) is 0 Å². The number of hydrogen-bond donors (Lipinski definition) is 2. The number of likely N-dealkylation sites (N-methyl/N-ethyl adjacent to an activating group) is 1. The normalized spacial score (nSPS) is 18.7. The predicted molar refractivity (Wildman–Crippen MR) is 54.8 cm³/mol. The van der Waals surface area contributed by atoms with Crippen LogP contribution in [0.1, 0.15) is 27.7 Å². The lowest BCUT2D eigenvalue weighted by Crippen LogP contribution is -2.55. The molecular formula is C10H23NO2. The highest BCUT2D eigenvalue weighted by atomic mass is 16.5. The highest BCUT2D eigenvalue weighted by molar-refractivity contribution is 4.91. The summed E-state index contributed by atoms with van der Waals surface area (Å²) in [6.45, 7) is 9.27. The molecule has 0 aromatic rings. The summed E-state index contributed by atoms with van der Waals surface area (Å²) in [5, 5.41) is 13.5. The van der Waals surface area contributed by atoms with Gasteiger partial charge in [0.05, 0.1) is 6.61 Å². The maximum absolute atomic E-state index is 10.3. The second kappa shape index (κ2) is 5.58. The summed E-state index contributed by atoms with van der Waals surface area (Å²) in [6, 6.07) is 0.0532. The van der Waals surface area contributed by atoms with Gasteiger partial charge in [-0.3, -0.25) is 0 Å². The third-order valence-corrected chi connectivity index (χ3v) is 2.64. The number of hydrogen-bond acceptors (Lipinski definition) is 3. The largest absolute Gasteiger partial charge is 0.386 e. The van der Waals surface area contributed by atoms with Crippen molar-refractivity contribution >= 4 is 0 Å². The van der Waals surface area contributed by atoms with Gasteiger partial charge in [-0.05, 0) is 19.4 Å². The Morgan fingerprint density at radius 3 is 2.23 bits per heavy atom. The second-order valence-corrected chi connectivity index (χ2v) is 3.86. The van der Waals surface area contributed by atoms with Crippen molar-refractivity contribution in [2.75, 3.05) is 20.3 Å². The Kier molecular flexibility index (Phi) is 5.53. The monoisotopic (exact) mass is 189 g/mol. The fourth-order valence-electron chi connectivity index (χ4n) is 1.51. The van der Waals surface area contributed by atoms with E-state index in [1.807, 2.05) is 27.7 Å². The van der Waals surface area contributed by atoms with E-state index < -0.39 is 5.60 Å². The second-order valence-electron chi connectivity index (χ2n) is 3.86. The average Bonchev–Trinajstić information content (AvgIpc) is 2.04. The Labute approximate surface area is 81.5 Å².